The van der Waals surface area contributed by atoms with E-state index >= 15 is 0 Å². The van der Waals surface area contributed by atoms with Crippen LogP contribution in [0.2, 0.25) is 0 Å². The third kappa shape index (κ3) is 16.0. The number of hydrogen-bond acceptors (Lipinski definition) is 18. The van der Waals surface area contributed by atoms with Crippen LogP contribution in [0.4, 0.5) is 11.4 Å². The number of carbonyl (C=O) groups is 2. The summed E-state index contributed by atoms with van der Waals surface area (Å²) in [5, 5.41) is 24.5. The first kappa shape index (κ1) is 61.7. The van der Waals surface area contributed by atoms with Crippen LogP contribution in [0.1, 0.15) is 115 Å². The molecule has 0 aliphatic carbocycles. The maximum atomic E-state index is 12.9. The largest absolute Gasteiger partial charge is 0.488 e. The van der Waals surface area contributed by atoms with Crippen LogP contribution in [0, 0.1) is 11.8 Å². The van der Waals surface area contributed by atoms with Gasteiger partial charge in [-0.15, -0.1) is 4.33 Å². The topological polar surface area (TPSA) is 341 Å². The van der Waals surface area contributed by atoms with Crippen molar-refractivity contribution in [1.82, 2.24) is 14.9 Å². The Morgan fingerprint density at radius 3 is 2.42 bits per heavy atom. The molecular weight excluding hydrogens is 1140 g/mol. The van der Waals surface area contributed by atoms with Gasteiger partial charge in [0.25, 0.3) is 15.7 Å². The number of nitrogens with zero attached hydrogens (tertiary/aromatic N) is 3. The Labute approximate surface area is 460 Å². The standard InChI is InChI=1S/C49H60N5O20P3S2/c1-48(2)37-29-35(78-71-70-60)21-23-39(37)52(41(48)16-8-5-9-17-42-49(3,4)38-30-36(79(65,66)67)22-24-40(38)53(42)28-13-7-11-19-45(56)57)27-12-6-10-18-43(55)50-26-14-15-33-31-54(47(59)51-46(33)58)44-25-20-34(69-44)32-68-75-72-76(61,62)74-77(63,64)73-75/h5,8-9,16-17,21-24,29-31,34,44H,6-7,10-13,18-20,25-28,32H2,1-4H3,(H6-,50,51,55,56,57,58,59,60,61,62,63,64,65,66,67)/p+1/t34-,44+/m0/s1. The molecule has 2 fully saturated rings. The average Bonchev–Trinajstić information content (AvgIpc) is 4.05. The minimum absolute atomic E-state index is 0.0674. The quantitative estimate of drug-likeness (QED) is 0.00515. The molecule has 2 aromatic carbocycles. The molecule has 4 atom stereocenters. The molecule has 4 aliphatic rings. The summed E-state index contributed by atoms with van der Waals surface area (Å²) < 4.78 is 89.8. The lowest BCUT2D eigenvalue weighted by molar-refractivity contribution is -0.438. The summed E-state index contributed by atoms with van der Waals surface area (Å²) in [7, 11) is -17.0. The molecule has 428 valence electrons. The Hall–Kier alpha value is -4.94. The predicted octanol–water partition coefficient (Wildman–Crippen LogP) is 7.94. The highest BCUT2D eigenvalue weighted by Crippen LogP contribution is 2.76. The number of benzene rings is 2. The monoisotopic (exact) mass is 1200 g/mol. The first-order valence-electron chi connectivity index (χ1n) is 24.9. The number of ether oxygens (including phenoxy) is 1. The van der Waals surface area contributed by atoms with Gasteiger partial charge in [-0.2, -0.15) is 17.3 Å². The lowest BCUT2D eigenvalue weighted by Gasteiger charge is -2.27. The summed E-state index contributed by atoms with van der Waals surface area (Å²) in [6.45, 7) is 8.96. The summed E-state index contributed by atoms with van der Waals surface area (Å²) >= 11 is 0.858. The van der Waals surface area contributed by atoms with Crippen molar-refractivity contribution in [2.45, 2.75) is 125 Å². The van der Waals surface area contributed by atoms with E-state index in [9.17, 15) is 51.1 Å². The van der Waals surface area contributed by atoms with Crippen LogP contribution in [0.25, 0.3) is 0 Å². The molecule has 25 nitrogen and oxygen atoms in total. The van der Waals surface area contributed by atoms with Crippen LogP contribution in [0.5, 0.6) is 0 Å². The number of H-pyrrole nitrogens is 1. The number of phosphoric acid groups is 2. The van der Waals surface area contributed by atoms with E-state index in [1.807, 2.05) is 62.4 Å². The van der Waals surface area contributed by atoms with Gasteiger partial charge in [0, 0.05) is 71.4 Å². The third-order valence-corrected chi connectivity index (χ3v) is 19.5. The second kappa shape index (κ2) is 26.3. The summed E-state index contributed by atoms with van der Waals surface area (Å²) in [6, 6.07) is 10.4. The Morgan fingerprint density at radius 1 is 0.962 bits per heavy atom. The van der Waals surface area contributed by atoms with E-state index in [4.69, 9.17) is 24.0 Å². The van der Waals surface area contributed by atoms with Gasteiger partial charge in [-0.1, -0.05) is 55.4 Å². The highest BCUT2D eigenvalue weighted by atomic mass is 32.2. The maximum absolute atomic E-state index is 12.9. The molecule has 0 bridgehead atoms. The SMILES string of the molecule is CC1(C)C(=CC=CC=CC2=[N+](CCCCCC(=O)NCC#Cc3cn([C@H]4CC[C@@H](COP5OP(=O)(O)OP(=O)(O)O5)O4)c(=O)[nH]c3=O)c3ccc(SOOO)cc3C2(C)C)N(CCCCCC(=O)O)c2ccc(S(=O)(=O)O)cc21. The summed E-state index contributed by atoms with van der Waals surface area (Å²) in [4.78, 5) is 73.1. The molecule has 3 aromatic rings. The fraction of sp³-hybridized carbons (Fsp3) is 0.449. The van der Waals surface area contributed by atoms with Crippen molar-refractivity contribution >= 4 is 75.4 Å². The van der Waals surface area contributed by atoms with Crippen molar-refractivity contribution in [3.63, 3.8) is 0 Å². The van der Waals surface area contributed by atoms with Crippen molar-refractivity contribution < 1.29 is 88.0 Å². The number of anilines is 1. The van der Waals surface area contributed by atoms with Crippen LogP contribution in [0.3, 0.4) is 0 Å². The zero-order valence-electron chi connectivity index (χ0n) is 43.3. The van der Waals surface area contributed by atoms with Crippen LogP contribution in [-0.4, -0.2) is 97.2 Å². The molecule has 2 unspecified atom stereocenters. The van der Waals surface area contributed by atoms with Crippen molar-refractivity contribution in [2.75, 3.05) is 31.1 Å². The normalized spacial score (nSPS) is 23.8. The Balaban J connectivity index is 0.957. The van der Waals surface area contributed by atoms with Crippen molar-refractivity contribution in [3.8, 4) is 11.8 Å². The van der Waals surface area contributed by atoms with E-state index in [1.165, 1.54) is 18.3 Å². The van der Waals surface area contributed by atoms with Gasteiger partial charge in [0.1, 0.15) is 18.3 Å². The Bertz CT molecular complexity index is 3310. The summed E-state index contributed by atoms with van der Waals surface area (Å²) in [5.74, 6) is 4.31. The highest BCUT2D eigenvalue weighted by Gasteiger charge is 2.49. The van der Waals surface area contributed by atoms with Crippen molar-refractivity contribution in [1.29, 1.82) is 0 Å². The number of carbonyl (C=O) groups excluding carboxylic acids is 1. The smallest absolute Gasteiger partial charge is 0.481 e. The van der Waals surface area contributed by atoms with Crippen LogP contribution in [0.15, 0.2) is 98.1 Å². The molecule has 1 aromatic heterocycles. The first-order chi connectivity index (χ1) is 37.3. The van der Waals surface area contributed by atoms with Gasteiger partial charge in [0.15, 0.2) is 5.71 Å². The number of allylic oxidation sites excluding steroid dienone is 6. The number of nitrogens with one attached hydrogen (secondary N) is 2. The van der Waals surface area contributed by atoms with Crippen molar-refractivity contribution in [2.24, 2.45) is 0 Å². The van der Waals surface area contributed by atoms with E-state index < -0.39 is 74.7 Å². The molecule has 1 amide bonds. The number of aromatic nitrogens is 2. The second-order valence-corrected chi connectivity index (χ2v) is 26.3. The predicted molar refractivity (Wildman–Crippen MR) is 288 cm³/mol. The number of aromatic amines is 1. The number of hydrogen-bond donors (Lipinski definition) is 7. The Kier molecular flexibility index (Phi) is 20.5. The zero-order chi connectivity index (χ0) is 57.3. The van der Waals surface area contributed by atoms with Gasteiger partial charge in [-0.3, -0.25) is 28.5 Å². The number of fused-ring (bicyclic) bond motifs is 2. The first-order valence-corrected chi connectivity index (χ1v) is 31.1. The molecule has 7 rings (SSSR count). The lowest BCUT2D eigenvalue weighted by atomic mass is 9.81. The van der Waals surface area contributed by atoms with Gasteiger partial charge >= 0.3 is 35.9 Å². The molecule has 79 heavy (non-hydrogen) atoms. The second-order valence-electron chi connectivity index (χ2n) is 19.6. The molecule has 30 heteroatoms. The molecule has 2 saturated heterocycles. The lowest BCUT2D eigenvalue weighted by Crippen LogP contribution is -2.33. The molecular formula is C49H61N5O20P3S2+. The molecule has 0 radical (unpaired) electrons. The van der Waals surface area contributed by atoms with E-state index in [1.54, 1.807) is 6.07 Å². The number of amides is 1. The van der Waals surface area contributed by atoms with Gasteiger partial charge in [-0.25, -0.2) is 27.8 Å². The number of rotatable bonds is 24. The van der Waals surface area contributed by atoms with E-state index in [2.05, 4.69) is 63.4 Å². The van der Waals surface area contributed by atoms with Crippen LogP contribution >= 0.6 is 36.3 Å². The number of carboxylic acid groups (broad SMARTS) is 1. The maximum Gasteiger partial charge on any atom is 0.488 e. The molecule has 4 aliphatic heterocycles. The summed E-state index contributed by atoms with van der Waals surface area (Å²) in [5.41, 5.74) is 2.67. The van der Waals surface area contributed by atoms with Gasteiger partial charge in [-0.05, 0) is 94.3 Å². The number of aliphatic carboxylic acids is 1. The average molecular weight is 1200 g/mol. The molecule has 0 spiro atoms. The minimum Gasteiger partial charge on any atom is -0.481 e. The van der Waals surface area contributed by atoms with Gasteiger partial charge in [0.2, 0.25) is 11.6 Å². The molecule has 7 N–H and O–H groups in total. The van der Waals surface area contributed by atoms with Crippen molar-refractivity contribution in [3.05, 3.63) is 116 Å². The third-order valence-electron chi connectivity index (χ3n) is 13.3. The highest BCUT2D eigenvalue weighted by molar-refractivity contribution is 7.94. The fourth-order valence-electron chi connectivity index (χ4n) is 9.58. The van der Waals surface area contributed by atoms with Gasteiger partial charge in [0.05, 0.1) is 41.6 Å². The van der Waals surface area contributed by atoms with E-state index in [-0.39, 0.29) is 48.8 Å². The fourth-order valence-corrected chi connectivity index (χ4v) is 14.7. The van der Waals surface area contributed by atoms with Crippen LogP contribution in [-0.2, 0) is 71.2 Å². The van der Waals surface area contributed by atoms with E-state index in [0.29, 0.717) is 56.5 Å². The van der Waals surface area contributed by atoms with Crippen LogP contribution < -0.4 is 21.5 Å². The number of carboxylic acids is 1. The number of unbranched alkanes of at least 4 members (excludes halogenated alkanes) is 4. The minimum atomic E-state index is -4.90. The molecule has 5 heterocycles. The van der Waals surface area contributed by atoms with E-state index in [0.717, 1.165) is 56.9 Å². The molecule has 0 saturated carbocycles. The summed E-state index contributed by atoms with van der Waals surface area (Å²) in [6.07, 6.45) is 14.2. The van der Waals surface area contributed by atoms with Gasteiger partial charge < -0.3 is 34.4 Å². The Morgan fingerprint density at radius 2 is 1.70 bits per heavy atom. The zero-order valence-corrected chi connectivity index (χ0v) is 47.7.